The summed E-state index contributed by atoms with van der Waals surface area (Å²) < 4.78 is 30.9. The molecule has 128 valence electrons. The van der Waals surface area contributed by atoms with Gasteiger partial charge in [-0.05, 0) is 6.42 Å². The fourth-order valence-electron chi connectivity index (χ4n) is 1.92. The third-order valence-electron chi connectivity index (χ3n) is 3.09. The molecule has 0 aromatic carbocycles. The zero-order valence-electron chi connectivity index (χ0n) is 15.0. The summed E-state index contributed by atoms with van der Waals surface area (Å²) in [5.74, 6) is -1.02. The Morgan fingerprint density at radius 1 is 0.955 bits per heavy atom. The molecular formula is C14H30NNaO5S. The van der Waals surface area contributed by atoms with Crippen LogP contribution in [0.15, 0.2) is 0 Å². The van der Waals surface area contributed by atoms with Gasteiger partial charge in [0.2, 0.25) is 0 Å². The van der Waals surface area contributed by atoms with Gasteiger partial charge in [-0.3, -0.25) is 0 Å². The van der Waals surface area contributed by atoms with Crippen molar-refractivity contribution in [3.63, 3.8) is 0 Å². The molecule has 2 N–H and O–H groups in total. The van der Waals surface area contributed by atoms with Gasteiger partial charge in [0.25, 0.3) is 0 Å². The summed E-state index contributed by atoms with van der Waals surface area (Å²) in [6.07, 6.45) is 11.5. The maximum Gasteiger partial charge on any atom is 1.00 e. The van der Waals surface area contributed by atoms with E-state index in [1.165, 1.54) is 44.9 Å². The van der Waals surface area contributed by atoms with Gasteiger partial charge in [-0.25, -0.2) is 8.98 Å². The second-order valence-electron chi connectivity index (χ2n) is 5.07. The number of hydrogen-bond acceptors (Lipinski definition) is 6. The Morgan fingerprint density at radius 2 is 1.41 bits per heavy atom. The Bertz CT molecular complexity index is 368. The van der Waals surface area contributed by atoms with Gasteiger partial charge in [-0.1, -0.05) is 64.7 Å². The van der Waals surface area contributed by atoms with Crippen LogP contribution in [-0.2, 0) is 23.6 Å². The summed E-state index contributed by atoms with van der Waals surface area (Å²) in [7, 11) is -4.23. The summed E-state index contributed by atoms with van der Waals surface area (Å²) in [4.78, 5) is 10.7. The van der Waals surface area contributed by atoms with Gasteiger partial charge in [-0.15, -0.1) is 0 Å². The molecule has 6 nitrogen and oxygen atoms in total. The van der Waals surface area contributed by atoms with Crippen LogP contribution in [0.2, 0.25) is 0 Å². The fourth-order valence-corrected chi connectivity index (χ4v) is 2.59. The first-order valence-corrected chi connectivity index (χ1v) is 9.17. The molecule has 0 radical (unpaired) electrons. The van der Waals surface area contributed by atoms with Gasteiger partial charge in [0.15, 0.2) is 0 Å². The monoisotopic (exact) mass is 347 g/mol. The van der Waals surface area contributed by atoms with E-state index in [0.29, 0.717) is 6.42 Å². The molecule has 0 bridgehead atoms. The van der Waals surface area contributed by atoms with Crippen LogP contribution in [0.3, 0.4) is 0 Å². The van der Waals surface area contributed by atoms with Crippen molar-refractivity contribution in [2.24, 2.45) is 5.73 Å². The van der Waals surface area contributed by atoms with Gasteiger partial charge in [0.05, 0.1) is 13.2 Å². The van der Waals surface area contributed by atoms with Crippen molar-refractivity contribution in [2.45, 2.75) is 71.1 Å². The van der Waals surface area contributed by atoms with Gasteiger partial charge in [0.1, 0.15) is 0 Å². The molecule has 0 spiro atoms. The van der Waals surface area contributed by atoms with Gasteiger partial charge >= 0.3 is 45.9 Å². The van der Waals surface area contributed by atoms with Crippen LogP contribution in [0, 0.1) is 0 Å². The molecule has 0 atom stereocenters. The largest absolute Gasteiger partial charge is 1.00 e. The molecule has 0 aliphatic carbocycles. The van der Waals surface area contributed by atoms with Crippen LogP contribution < -0.4 is 35.3 Å². The van der Waals surface area contributed by atoms with E-state index in [0.717, 1.165) is 12.8 Å². The van der Waals surface area contributed by atoms with Crippen LogP contribution in [0.4, 0.5) is 0 Å². The SMILES string of the molecule is CCCCCCCCCCCCOS(=O)(=O)OC(=O)CN.[H-].[Na+]. The molecule has 0 amide bonds. The maximum atomic E-state index is 11.1. The van der Waals surface area contributed by atoms with Crippen molar-refractivity contribution in [2.75, 3.05) is 13.2 Å². The van der Waals surface area contributed by atoms with E-state index < -0.39 is 22.9 Å². The molecule has 0 saturated carbocycles. The van der Waals surface area contributed by atoms with Gasteiger partial charge in [0, 0.05) is 0 Å². The van der Waals surface area contributed by atoms with Crippen LogP contribution in [-0.4, -0.2) is 27.5 Å². The third-order valence-corrected chi connectivity index (χ3v) is 3.93. The van der Waals surface area contributed by atoms with Crippen molar-refractivity contribution >= 4 is 16.4 Å². The molecule has 0 aliphatic rings. The molecular weight excluding hydrogens is 317 g/mol. The molecule has 22 heavy (non-hydrogen) atoms. The number of hydrogen-bond donors (Lipinski definition) is 1. The van der Waals surface area contributed by atoms with Crippen LogP contribution >= 0.6 is 0 Å². The molecule has 8 heteroatoms. The van der Waals surface area contributed by atoms with E-state index in [-0.39, 0.29) is 37.6 Å². The van der Waals surface area contributed by atoms with E-state index in [1.807, 2.05) is 0 Å². The standard InChI is InChI=1S/C14H29NO5S.Na.H/c1-2-3-4-5-6-7-8-9-10-11-12-19-21(17,18)20-14(16)13-15;;/h2-13,15H2,1H3;;/q;+1;-1. The molecule has 0 aliphatic heterocycles. The van der Waals surface area contributed by atoms with E-state index in [4.69, 9.17) is 5.73 Å². The average molecular weight is 347 g/mol. The second kappa shape index (κ2) is 16.2. The molecule has 0 rings (SSSR count). The summed E-state index contributed by atoms with van der Waals surface area (Å²) >= 11 is 0. The normalized spacial score (nSPS) is 11.0. The summed E-state index contributed by atoms with van der Waals surface area (Å²) in [6, 6.07) is 0. The van der Waals surface area contributed by atoms with Gasteiger partial charge in [-0.2, -0.15) is 8.42 Å². The summed E-state index contributed by atoms with van der Waals surface area (Å²) in [5, 5.41) is 0. The van der Waals surface area contributed by atoms with Crippen molar-refractivity contribution in [3.05, 3.63) is 0 Å². The number of carbonyl (C=O) groups is 1. The Kier molecular flexibility index (Phi) is 18.1. The topological polar surface area (TPSA) is 95.7 Å². The van der Waals surface area contributed by atoms with E-state index >= 15 is 0 Å². The Balaban J connectivity index is -0.00000200. The average Bonchev–Trinajstić information content (AvgIpc) is 2.44. The van der Waals surface area contributed by atoms with E-state index in [1.54, 1.807) is 0 Å². The van der Waals surface area contributed by atoms with Gasteiger partial charge < -0.3 is 11.3 Å². The third kappa shape index (κ3) is 16.7. The smallest absolute Gasteiger partial charge is 1.00 e. The zero-order valence-corrected chi connectivity index (χ0v) is 16.8. The number of nitrogens with two attached hydrogens (primary N) is 1. The molecule has 0 saturated heterocycles. The number of carbonyl (C=O) groups excluding carboxylic acids is 1. The number of unbranched alkanes of at least 4 members (excludes halogenated alkanes) is 9. The Morgan fingerprint density at radius 3 is 1.86 bits per heavy atom. The number of rotatable bonds is 14. The Hall–Kier alpha value is 0.340. The molecule has 0 aromatic heterocycles. The minimum Gasteiger partial charge on any atom is -1.00 e. The fraction of sp³-hybridized carbons (Fsp3) is 0.929. The predicted molar refractivity (Wildman–Crippen MR) is 83.0 cm³/mol. The van der Waals surface area contributed by atoms with Crippen LogP contribution in [0.25, 0.3) is 0 Å². The van der Waals surface area contributed by atoms with Crippen molar-refractivity contribution in [1.29, 1.82) is 0 Å². The predicted octanol–water partition coefficient (Wildman–Crippen LogP) is -0.213. The van der Waals surface area contributed by atoms with E-state index in [2.05, 4.69) is 15.3 Å². The maximum absolute atomic E-state index is 11.1. The quantitative estimate of drug-likeness (QED) is 0.345. The Labute approximate surface area is 158 Å². The summed E-state index contributed by atoms with van der Waals surface area (Å²) in [6.45, 7) is 1.76. The minimum absolute atomic E-state index is 0. The van der Waals surface area contributed by atoms with Crippen molar-refractivity contribution in [3.8, 4) is 0 Å². The first-order chi connectivity index (χ1) is 10.0. The first-order valence-electron chi connectivity index (χ1n) is 7.83. The zero-order chi connectivity index (χ0) is 16.0. The molecule has 0 heterocycles. The van der Waals surface area contributed by atoms with Crippen LogP contribution in [0.1, 0.15) is 72.6 Å². The molecule has 0 unspecified atom stereocenters. The van der Waals surface area contributed by atoms with Crippen molar-refractivity contribution < 1.29 is 52.6 Å². The molecule has 0 fully saturated rings. The summed E-state index contributed by atoms with van der Waals surface area (Å²) in [5.41, 5.74) is 4.95. The molecule has 0 aromatic rings. The first kappa shape index (κ1) is 24.6. The van der Waals surface area contributed by atoms with E-state index in [9.17, 15) is 13.2 Å². The van der Waals surface area contributed by atoms with Crippen molar-refractivity contribution in [1.82, 2.24) is 0 Å². The van der Waals surface area contributed by atoms with Crippen LogP contribution in [0.5, 0.6) is 0 Å². The second-order valence-corrected chi connectivity index (χ2v) is 6.29. The minimum atomic E-state index is -4.23.